The number of fused-ring (bicyclic) bond motifs is 1. The largest absolute Gasteiger partial charge is 0.368 e. The first-order valence-electron chi connectivity index (χ1n) is 7.95. The molecule has 1 atom stereocenters. The summed E-state index contributed by atoms with van der Waals surface area (Å²) in [4.78, 5) is 28.1. The fourth-order valence-corrected chi connectivity index (χ4v) is 2.56. The smallest absolute Gasteiger partial charge is 0.315 e. The van der Waals surface area contributed by atoms with E-state index >= 15 is 0 Å². The van der Waals surface area contributed by atoms with Gasteiger partial charge in [0.15, 0.2) is 0 Å². The van der Waals surface area contributed by atoms with Gasteiger partial charge >= 0.3 is 6.03 Å². The number of hydrogen-bond acceptors (Lipinski definition) is 3. The number of carbonyl (C=O) groups is 2. The third-order valence-corrected chi connectivity index (χ3v) is 3.77. The molecule has 2 heterocycles. The van der Waals surface area contributed by atoms with Crippen LogP contribution in [0, 0.1) is 0 Å². The fraction of sp³-hybridized carbons (Fsp3) is 0.167. The zero-order chi connectivity index (χ0) is 17.6. The van der Waals surface area contributed by atoms with Crippen molar-refractivity contribution in [3.63, 3.8) is 0 Å². The van der Waals surface area contributed by atoms with E-state index in [-0.39, 0.29) is 0 Å². The van der Waals surface area contributed by atoms with E-state index in [1.54, 1.807) is 24.3 Å². The lowest BCUT2D eigenvalue weighted by Crippen LogP contribution is -2.43. The Bertz CT molecular complexity index is 842. The predicted molar refractivity (Wildman–Crippen MR) is 93.8 cm³/mol. The summed E-state index contributed by atoms with van der Waals surface area (Å²) in [5.41, 5.74) is 7.77. The second-order valence-corrected chi connectivity index (χ2v) is 5.59. The average molecular weight is 337 g/mol. The number of amides is 3. The molecule has 0 unspecified atom stereocenters. The molecule has 0 saturated heterocycles. The van der Waals surface area contributed by atoms with Crippen LogP contribution in [0.2, 0.25) is 0 Å². The number of nitrogens with two attached hydrogens (primary N) is 1. The molecule has 3 amide bonds. The van der Waals surface area contributed by atoms with Crippen molar-refractivity contribution in [2.24, 2.45) is 5.73 Å². The topological polar surface area (TPSA) is 102 Å². The summed E-state index contributed by atoms with van der Waals surface area (Å²) in [6.07, 6.45) is 4.43. The highest BCUT2D eigenvalue weighted by Gasteiger charge is 2.19. The van der Waals surface area contributed by atoms with Gasteiger partial charge in [-0.1, -0.05) is 36.4 Å². The van der Waals surface area contributed by atoms with Crippen molar-refractivity contribution >= 4 is 17.6 Å². The molecular weight excluding hydrogens is 318 g/mol. The molecule has 3 rings (SSSR count). The van der Waals surface area contributed by atoms with E-state index in [2.05, 4.69) is 15.6 Å². The summed E-state index contributed by atoms with van der Waals surface area (Å²) in [5, 5.41) is 5.32. The third kappa shape index (κ3) is 4.14. The Morgan fingerprint density at radius 3 is 2.60 bits per heavy atom. The summed E-state index contributed by atoms with van der Waals surface area (Å²) >= 11 is 0. The molecule has 0 bridgehead atoms. The molecule has 7 nitrogen and oxygen atoms in total. The quantitative estimate of drug-likeness (QED) is 0.634. The van der Waals surface area contributed by atoms with Crippen LogP contribution in [0.15, 0.2) is 60.9 Å². The van der Waals surface area contributed by atoms with Gasteiger partial charge in [0, 0.05) is 25.4 Å². The van der Waals surface area contributed by atoms with Gasteiger partial charge in [-0.2, -0.15) is 0 Å². The SMILES string of the molecule is NC(=O)[C@@H](NC(=O)NCCc1cn2ccccc2n1)c1ccccc1. The van der Waals surface area contributed by atoms with Gasteiger partial charge in [0.05, 0.1) is 5.69 Å². The zero-order valence-corrected chi connectivity index (χ0v) is 13.6. The summed E-state index contributed by atoms with van der Waals surface area (Å²) in [6.45, 7) is 0.399. The number of nitrogens with zero attached hydrogens (tertiary/aromatic N) is 2. The first kappa shape index (κ1) is 16.5. The second kappa shape index (κ2) is 7.48. The highest BCUT2D eigenvalue weighted by atomic mass is 16.2. The van der Waals surface area contributed by atoms with Gasteiger partial charge in [0.1, 0.15) is 11.7 Å². The maximum atomic E-state index is 12.0. The molecule has 4 N–H and O–H groups in total. The molecule has 0 aliphatic rings. The lowest BCUT2D eigenvalue weighted by atomic mass is 10.1. The molecule has 3 aromatic rings. The van der Waals surface area contributed by atoms with Crippen molar-refractivity contribution < 1.29 is 9.59 Å². The van der Waals surface area contributed by atoms with Gasteiger partial charge in [0.25, 0.3) is 0 Å². The highest BCUT2D eigenvalue weighted by Crippen LogP contribution is 2.11. The van der Waals surface area contributed by atoms with E-state index in [0.29, 0.717) is 18.5 Å². The summed E-state index contributed by atoms with van der Waals surface area (Å²) in [5.74, 6) is -0.610. The fourth-order valence-electron chi connectivity index (χ4n) is 2.56. The van der Waals surface area contributed by atoms with E-state index in [9.17, 15) is 9.59 Å². The van der Waals surface area contributed by atoms with Crippen molar-refractivity contribution in [3.05, 3.63) is 72.2 Å². The molecule has 2 aromatic heterocycles. The minimum Gasteiger partial charge on any atom is -0.368 e. The lowest BCUT2D eigenvalue weighted by Gasteiger charge is -2.16. The van der Waals surface area contributed by atoms with E-state index < -0.39 is 18.0 Å². The molecule has 25 heavy (non-hydrogen) atoms. The Labute approximate surface area is 144 Å². The Kier molecular flexibility index (Phi) is 4.94. The number of rotatable bonds is 6. The van der Waals surface area contributed by atoms with Gasteiger partial charge < -0.3 is 20.8 Å². The van der Waals surface area contributed by atoms with E-state index in [1.807, 2.05) is 41.1 Å². The number of hydrogen-bond donors (Lipinski definition) is 3. The Morgan fingerprint density at radius 2 is 1.88 bits per heavy atom. The number of nitrogens with one attached hydrogen (secondary N) is 2. The molecule has 0 saturated carbocycles. The van der Waals surface area contributed by atoms with Gasteiger partial charge in [-0.3, -0.25) is 4.79 Å². The maximum absolute atomic E-state index is 12.0. The minimum absolute atomic E-state index is 0.399. The average Bonchev–Trinajstić information content (AvgIpc) is 3.03. The third-order valence-electron chi connectivity index (χ3n) is 3.77. The predicted octanol–water partition coefficient (Wildman–Crippen LogP) is 1.40. The van der Waals surface area contributed by atoms with Crippen molar-refractivity contribution in [1.82, 2.24) is 20.0 Å². The van der Waals surface area contributed by atoms with Gasteiger partial charge in [-0.25, -0.2) is 9.78 Å². The first-order valence-corrected chi connectivity index (χ1v) is 7.95. The molecule has 1 aromatic carbocycles. The van der Waals surface area contributed by atoms with E-state index in [0.717, 1.165) is 11.3 Å². The molecule has 128 valence electrons. The first-order chi connectivity index (χ1) is 12.1. The number of primary amides is 1. The van der Waals surface area contributed by atoms with Gasteiger partial charge in [-0.15, -0.1) is 0 Å². The highest BCUT2D eigenvalue weighted by molar-refractivity contribution is 5.86. The van der Waals surface area contributed by atoms with Crippen molar-refractivity contribution in [2.75, 3.05) is 6.54 Å². The number of pyridine rings is 1. The number of benzene rings is 1. The molecule has 0 aliphatic carbocycles. The molecule has 0 fully saturated rings. The van der Waals surface area contributed by atoms with Crippen LogP contribution >= 0.6 is 0 Å². The molecule has 0 spiro atoms. The molecule has 0 radical (unpaired) electrons. The van der Waals surface area contributed by atoms with Crippen molar-refractivity contribution in [2.45, 2.75) is 12.5 Å². The van der Waals surface area contributed by atoms with Crippen LogP contribution < -0.4 is 16.4 Å². The van der Waals surface area contributed by atoms with Crippen LogP contribution in [-0.2, 0) is 11.2 Å². The van der Waals surface area contributed by atoms with Crippen LogP contribution in [0.3, 0.4) is 0 Å². The molecular formula is C18H19N5O2. The van der Waals surface area contributed by atoms with E-state index in [1.165, 1.54) is 0 Å². The zero-order valence-electron chi connectivity index (χ0n) is 13.6. The van der Waals surface area contributed by atoms with E-state index in [4.69, 9.17) is 5.73 Å². The van der Waals surface area contributed by atoms with Crippen LogP contribution in [0.4, 0.5) is 4.79 Å². The summed E-state index contributed by atoms with van der Waals surface area (Å²) < 4.78 is 1.92. The van der Waals surface area contributed by atoms with Gasteiger partial charge in [0.2, 0.25) is 5.91 Å². The Balaban J connectivity index is 1.54. The standard InChI is InChI=1S/C18H19N5O2/c19-17(24)16(13-6-2-1-3-7-13)22-18(25)20-10-9-14-12-23-11-5-4-8-15(23)21-14/h1-8,11-12,16H,9-10H2,(H2,19,24)(H2,20,22,25)/t16-/m0/s1. The van der Waals surface area contributed by atoms with Crippen molar-refractivity contribution in [3.8, 4) is 0 Å². The second-order valence-electron chi connectivity index (χ2n) is 5.59. The van der Waals surface area contributed by atoms with Crippen LogP contribution in [-0.4, -0.2) is 27.9 Å². The maximum Gasteiger partial charge on any atom is 0.315 e. The molecule has 7 heteroatoms. The lowest BCUT2D eigenvalue weighted by molar-refractivity contribution is -0.119. The Hall–Kier alpha value is -3.35. The Morgan fingerprint density at radius 1 is 1.12 bits per heavy atom. The summed E-state index contributed by atoms with van der Waals surface area (Å²) in [7, 11) is 0. The normalized spacial score (nSPS) is 11.8. The summed E-state index contributed by atoms with van der Waals surface area (Å²) in [6, 6.07) is 13.3. The number of carbonyl (C=O) groups excluding carboxylic acids is 2. The van der Waals surface area contributed by atoms with Crippen LogP contribution in [0.5, 0.6) is 0 Å². The van der Waals surface area contributed by atoms with Gasteiger partial charge in [-0.05, 0) is 17.7 Å². The minimum atomic E-state index is -0.864. The monoisotopic (exact) mass is 337 g/mol. The number of urea groups is 1. The number of aromatic nitrogens is 2. The van der Waals surface area contributed by atoms with Crippen LogP contribution in [0.25, 0.3) is 5.65 Å². The number of imidazole rings is 1. The van der Waals surface area contributed by atoms with Crippen LogP contribution in [0.1, 0.15) is 17.3 Å². The van der Waals surface area contributed by atoms with Crippen molar-refractivity contribution in [1.29, 1.82) is 0 Å². The molecule has 0 aliphatic heterocycles.